The summed E-state index contributed by atoms with van der Waals surface area (Å²) in [6.45, 7) is 1.04. The number of hydrogen-bond donors (Lipinski definition) is 3. The summed E-state index contributed by atoms with van der Waals surface area (Å²) in [4.78, 5) is 10.9. The van der Waals surface area contributed by atoms with E-state index in [1.807, 2.05) is 0 Å². The molecule has 2 aliphatic rings. The summed E-state index contributed by atoms with van der Waals surface area (Å²) in [6.07, 6.45) is 4.05. The number of hydrazine groups is 1. The normalized spacial score (nSPS) is 40.8. The highest BCUT2D eigenvalue weighted by Gasteiger charge is 2.40. The molecule has 1 saturated heterocycles. The first kappa shape index (κ1) is 8.01. The maximum absolute atomic E-state index is 10.9. The van der Waals surface area contributed by atoms with E-state index >= 15 is 0 Å². The van der Waals surface area contributed by atoms with Crippen LogP contribution >= 0.6 is 0 Å². The Morgan fingerprint density at radius 2 is 2.00 bits per heavy atom. The van der Waals surface area contributed by atoms with Gasteiger partial charge < -0.3 is 5.73 Å². The van der Waals surface area contributed by atoms with Crippen LogP contribution in [0.15, 0.2) is 0 Å². The third-order valence-electron chi connectivity index (χ3n) is 3.13. The minimum absolute atomic E-state index is 0.123. The Labute approximate surface area is 71.9 Å². The Kier molecular flexibility index (Phi) is 1.81. The minimum Gasteiger partial charge on any atom is -0.369 e. The van der Waals surface area contributed by atoms with E-state index in [-0.39, 0.29) is 11.8 Å². The van der Waals surface area contributed by atoms with Crippen LogP contribution in [0.2, 0.25) is 0 Å². The predicted molar refractivity (Wildman–Crippen MR) is 45.0 cm³/mol. The molecule has 2 rings (SSSR count). The molecule has 0 aromatic carbocycles. The first-order valence-electron chi connectivity index (χ1n) is 4.51. The maximum atomic E-state index is 10.9. The molecule has 0 radical (unpaired) electrons. The molecule has 1 aliphatic carbocycles. The average molecular weight is 169 g/mol. The molecular formula is C8H15N3O. The maximum Gasteiger partial charge on any atom is 0.220 e. The fourth-order valence-corrected chi connectivity index (χ4v) is 2.10. The van der Waals surface area contributed by atoms with Gasteiger partial charge in [-0.1, -0.05) is 0 Å². The number of carbonyl (C=O) groups is 1. The Hall–Kier alpha value is -0.610. The van der Waals surface area contributed by atoms with Crippen LogP contribution in [0.25, 0.3) is 0 Å². The van der Waals surface area contributed by atoms with E-state index in [0.29, 0.717) is 5.54 Å². The van der Waals surface area contributed by atoms with Gasteiger partial charge in [0.05, 0.1) is 0 Å². The smallest absolute Gasteiger partial charge is 0.220 e. The summed E-state index contributed by atoms with van der Waals surface area (Å²) in [7, 11) is 0. The van der Waals surface area contributed by atoms with Gasteiger partial charge in [0.15, 0.2) is 0 Å². The van der Waals surface area contributed by atoms with Crippen molar-refractivity contribution in [2.24, 2.45) is 11.7 Å². The minimum atomic E-state index is -0.128. The van der Waals surface area contributed by atoms with E-state index < -0.39 is 0 Å². The number of carbonyl (C=O) groups excluding carboxylic acids is 1. The van der Waals surface area contributed by atoms with E-state index in [0.717, 1.165) is 32.2 Å². The van der Waals surface area contributed by atoms with E-state index in [2.05, 4.69) is 10.9 Å². The molecule has 1 saturated carbocycles. The van der Waals surface area contributed by atoms with Gasteiger partial charge in [0.2, 0.25) is 5.91 Å². The summed E-state index contributed by atoms with van der Waals surface area (Å²) in [5.41, 5.74) is 11.8. The number of nitrogens with two attached hydrogens (primary N) is 1. The summed E-state index contributed by atoms with van der Waals surface area (Å²) < 4.78 is 0. The first-order valence-corrected chi connectivity index (χ1v) is 4.51. The molecule has 1 aliphatic heterocycles. The van der Waals surface area contributed by atoms with Gasteiger partial charge >= 0.3 is 0 Å². The molecule has 0 aromatic heterocycles. The lowest BCUT2D eigenvalue weighted by Crippen LogP contribution is -2.70. The molecule has 2 fully saturated rings. The monoisotopic (exact) mass is 169 g/mol. The Morgan fingerprint density at radius 1 is 1.42 bits per heavy atom. The molecule has 1 heterocycles. The van der Waals surface area contributed by atoms with E-state index in [1.54, 1.807) is 0 Å². The van der Waals surface area contributed by atoms with E-state index in [4.69, 9.17) is 5.73 Å². The average Bonchev–Trinajstić information content (AvgIpc) is 2.02. The van der Waals surface area contributed by atoms with Crippen LogP contribution in [-0.2, 0) is 4.79 Å². The van der Waals surface area contributed by atoms with Crippen molar-refractivity contribution in [2.75, 3.05) is 6.54 Å². The largest absolute Gasteiger partial charge is 0.369 e. The molecule has 1 amide bonds. The van der Waals surface area contributed by atoms with Crippen LogP contribution in [0.4, 0.5) is 0 Å². The molecule has 0 bridgehead atoms. The number of hydrogen-bond acceptors (Lipinski definition) is 3. The first-order chi connectivity index (χ1) is 5.72. The lowest BCUT2D eigenvalue weighted by atomic mass is 9.75. The Bertz CT molecular complexity index is 190. The van der Waals surface area contributed by atoms with Crippen LogP contribution in [0.1, 0.15) is 25.7 Å². The van der Waals surface area contributed by atoms with Gasteiger partial charge in [-0.3, -0.25) is 15.6 Å². The van der Waals surface area contributed by atoms with Gasteiger partial charge in [0.25, 0.3) is 0 Å². The van der Waals surface area contributed by atoms with E-state index in [9.17, 15) is 4.79 Å². The van der Waals surface area contributed by atoms with Crippen molar-refractivity contribution in [2.45, 2.75) is 31.2 Å². The highest BCUT2D eigenvalue weighted by atomic mass is 16.1. The number of rotatable bonds is 1. The molecule has 4 heteroatoms. The second-order valence-electron chi connectivity index (χ2n) is 3.94. The quantitative estimate of drug-likeness (QED) is 0.496. The molecule has 1 spiro atoms. The number of amides is 1. The van der Waals surface area contributed by atoms with Gasteiger partial charge in [-0.05, 0) is 25.7 Å². The molecule has 4 N–H and O–H groups in total. The second-order valence-corrected chi connectivity index (χ2v) is 3.94. The van der Waals surface area contributed by atoms with Gasteiger partial charge in [-0.2, -0.15) is 0 Å². The molecular weight excluding hydrogens is 154 g/mol. The number of primary amides is 1. The zero-order chi connectivity index (χ0) is 8.60. The van der Waals surface area contributed by atoms with Crippen molar-refractivity contribution in [1.29, 1.82) is 0 Å². The summed E-state index contributed by atoms with van der Waals surface area (Å²) in [5, 5.41) is 0. The second kappa shape index (κ2) is 2.71. The zero-order valence-electron chi connectivity index (χ0n) is 7.10. The van der Waals surface area contributed by atoms with Crippen molar-refractivity contribution in [1.82, 2.24) is 10.9 Å². The number of nitrogens with one attached hydrogen (secondary N) is 2. The molecule has 0 unspecified atom stereocenters. The fourth-order valence-electron chi connectivity index (χ4n) is 2.10. The lowest BCUT2D eigenvalue weighted by molar-refractivity contribution is -0.123. The van der Waals surface area contributed by atoms with Gasteiger partial charge in [-0.25, -0.2) is 0 Å². The summed E-state index contributed by atoms with van der Waals surface area (Å²) in [6, 6.07) is 0. The zero-order valence-corrected chi connectivity index (χ0v) is 7.10. The Morgan fingerprint density at radius 3 is 2.33 bits per heavy atom. The van der Waals surface area contributed by atoms with Crippen LogP contribution in [-0.4, -0.2) is 18.0 Å². The van der Waals surface area contributed by atoms with Crippen molar-refractivity contribution < 1.29 is 4.79 Å². The highest BCUT2D eigenvalue weighted by Crippen LogP contribution is 2.33. The van der Waals surface area contributed by atoms with Crippen LogP contribution < -0.4 is 16.6 Å². The lowest BCUT2D eigenvalue weighted by Gasteiger charge is -2.47. The Balaban J connectivity index is 1.88. The predicted octanol–water partition coefficient (Wildman–Crippen LogP) is -0.492. The van der Waals surface area contributed by atoms with Crippen molar-refractivity contribution in [3.63, 3.8) is 0 Å². The van der Waals surface area contributed by atoms with Gasteiger partial charge in [-0.15, -0.1) is 0 Å². The van der Waals surface area contributed by atoms with Gasteiger partial charge in [0.1, 0.15) is 0 Å². The molecule has 0 aromatic rings. The third kappa shape index (κ3) is 1.21. The van der Waals surface area contributed by atoms with Crippen molar-refractivity contribution >= 4 is 5.91 Å². The van der Waals surface area contributed by atoms with Crippen molar-refractivity contribution in [3.05, 3.63) is 0 Å². The van der Waals surface area contributed by atoms with Crippen LogP contribution in [0, 0.1) is 5.92 Å². The standard InChI is InChI=1S/C8H15N3O/c9-7(12)6-1-3-8(4-2-6)5-10-11-8/h6,10-11H,1-5H2,(H2,9,12). The SMILES string of the molecule is NC(=O)C1CCC2(CC1)CNN2. The molecule has 4 nitrogen and oxygen atoms in total. The summed E-state index contributed by atoms with van der Waals surface area (Å²) in [5.74, 6) is -0.00448. The third-order valence-corrected chi connectivity index (χ3v) is 3.13. The summed E-state index contributed by atoms with van der Waals surface area (Å²) >= 11 is 0. The van der Waals surface area contributed by atoms with Crippen molar-refractivity contribution in [3.8, 4) is 0 Å². The topological polar surface area (TPSA) is 67.2 Å². The van der Waals surface area contributed by atoms with Crippen LogP contribution in [0.5, 0.6) is 0 Å². The molecule has 68 valence electrons. The van der Waals surface area contributed by atoms with Crippen LogP contribution in [0.3, 0.4) is 0 Å². The van der Waals surface area contributed by atoms with Gasteiger partial charge in [0, 0.05) is 18.0 Å². The molecule has 12 heavy (non-hydrogen) atoms. The fraction of sp³-hybridized carbons (Fsp3) is 0.875. The molecule has 0 atom stereocenters. The van der Waals surface area contributed by atoms with E-state index in [1.165, 1.54) is 0 Å². The highest BCUT2D eigenvalue weighted by molar-refractivity contribution is 5.76.